The lowest BCUT2D eigenvalue weighted by Crippen LogP contribution is -2.02. The van der Waals surface area contributed by atoms with Crippen molar-refractivity contribution in [2.45, 2.75) is 6.92 Å². The van der Waals surface area contributed by atoms with Gasteiger partial charge in [0.15, 0.2) is 5.65 Å². The molecule has 72 valence electrons. The molecule has 0 saturated carbocycles. The molecule has 1 N–H and O–H groups in total. The number of fused-ring (bicyclic) bond motifs is 1. The van der Waals surface area contributed by atoms with Gasteiger partial charge in [0.25, 0.3) is 0 Å². The van der Waals surface area contributed by atoms with Crippen LogP contribution >= 0.6 is 0 Å². The Bertz CT molecular complexity index is 516. The highest BCUT2D eigenvalue weighted by molar-refractivity contribution is 5.93. The van der Waals surface area contributed by atoms with Crippen LogP contribution in [0.2, 0.25) is 0 Å². The van der Waals surface area contributed by atoms with Gasteiger partial charge in [-0.3, -0.25) is 4.68 Å². The average molecular weight is 191 g/mol. The molecule has 2 aromatic rings. The lowest BCUT2D eigenvalue weighted by atomic mass is 10.2. The van der Waals surface area contributed by atoms with E-state index in [1.165, 1.54) is 0 Å². The number of hydrogen-bond acceptors (Lipinski definition) is 3. The molecular formula is C9H9N3O2. The Morgan fingerprint density at radius 2 is 2.29 bits per heavy atom. The maximum atomic E-state index is 10.8. The summed E-state index contributed by atoms with van der Waals surface area (Å²) in [6.45, 7) is 1.68. The number of hydrogen-bond donors (Lipinski definition) is 1. The van der Waals surface area contributed by atoms with Gasteiger partial charge in [-0.25, -0.2) is 9.78 Å². The lowest BCUT2D eigenvalue weighted by molar-refractivity contribution is 0.0696. The van der Waals surface area contributed by atoms with Crippen molar-refractivity contribution in [3.63, 3.8) is 0 Å². The molecule has 5 nitrogen and oxygen atoms in total. The van der Waals surface area contributed by atoms with Crippen molar-refractivity contribution in [2.24, 2.45) is 7.05 Å². The van der Waals surface area contributed by atoms with Crippen molar-refractivity contribution in [3.8, 4) is 0 Å². The summed E-state index contributed by atoms with van der Waals surface area (Å²) < 4.78 is 1.62. The number of carboxylic acids is 1. The van der Waals surface area contributed by atoms with E-state index in [2.05, 4.69) is 10.1 Å². The molecule has 0 atom stereocenters. The minimum Gasteiger partial charge on any atom is -0.478 e. The maximum absolute atomic E-state index is 10.8. The first-order chi connectivity index (χ1) is 6.59. The first kappa shape index (κ1) is 8.68. The van der Waals surface area contributed by atoms with E-state index in [9.17, 15) is 4.79 Å². The first-order valence-corrected chi connectivity index (χ1v) is 4.12. The van der Waals surface area contributed by atoms with Gasteiger partial charge < -0.3 is 5.11 Å². The zero-order chi connectivity index (χ0) is 10.3. The van der Waals surface area contributed by atoms with Gasteiger partial charge in [0.1, 0.15) is 0 Å². The quantitative estimate of drug-likeness (QED) is 0.729. The lowest BCUT2D eigenvalue weighted by Gasteiger charge is -2.00. The normalized spacial score (nSPS) is 10.7. The second-order valence-electron chi connectivity index (χ2n) is 3.11. The van der Waals surface area contributed by atoms with E-state index in [-0.39, 0.29) is 5.56 Å². The SMILES string of the molecule is Cc1nc2c(cnn2C)cc1C(=O)O. The molecule has 0 aliphatic rings. The summed E-state index contributed by atoms with van der Waals surface area (Å²) in [6, 6.07) is 1.59. The number of carbonyl (C=O) groups is 1. The fraction of sp³-hybridized carbons (Fsp3) is 0.222. The molecule has 0 bridgehead atoms. The van der Waals surface area contributed by atoms with Gasteiger partial charge in [0.05, 0.1) is 17.5 Å². The molecule has 0 aliphatic carbocycles. The van der Waals surface area contributed by atoms with Gasteiger partial charge in [-0.1, -0.05) is 0 Å². The van der Waals surface area contributed by atoms with Crippen molar-refractivity contribution < 1.29 is 9.90 Å². The van der Waals surface area contributed by atoms with E-state index in [0.717, 1.165) is 5.39 Å². The highest BCUT2D eigenvalue weighted by atomic mass is 16.4. The summed E-state index contributed by atoms with van der Waals surface area (Å²) >= 11 is 0. The minimum atomic E-state index is -0.958. The molecule has 0 aliphatic heterocycles. The Labute approximate surface area is 80.0 Å². The van der Waals surface area contributed by atoms with Crippen LogP contribution in [-0.2, 0) is 7.05 Å². The highest BCUT2D eigenvalue weighted by Crippen LogP contribution is 2.15. The Kier molecular flexibility index (Phi) is 1.73. The molecule has 2 aromatic heterocycles. The van der Waals surface area contributed by atoms with Crippen LogP contribution in [0.3, 0.4) is 0 Å². The number of pyridine rings is 1. The fourth-order valence-electron chi connectivity index (χ4n) is 1.38. The third-order valence-electron chi connectivity index (χ3n) is 2.13. The molecule has 0 saturated heterocycles. The van der Waals surface area contributed by atoms with Crippen molar-refractivity contribution in [3.05, 3.63) is 23.5 Å². The molecule has 5 heteroatoms. The van der Waals surface area contributed by atoms with Crippen LogP contribution in [0.25, 0.3) is 11.0 Å². The monoisotopic (exact) mass is 191 g/mol. The number of nitrogens with zero attached hydrogens (tertiary/aromatic N) is 3. The van der Waals surface area contributed by atoms with E-state index in [1.54, 1.807) is 30.9 Å². The molecular weight excluding hydrogens is 182 g/mol. The Balaban J connectivity index is 2.79. The number of carboxylic acid groups (broad SMARTS) is 1. The summed E-state index contributed by atoms with van der Waals surface area (Å²) in [5.41, 5.74) is 1.44. The van der Waals surface area contributed by atoms with E-state index in [4.69, 9.17) is 5.11 Å². The van der Waals surface area contributed by atoms with Crippen LogP contribution in [0.15, 0.2) is 12.3 Å². The van der Waals surface area contributed by atoms with Crippen molar-refractivity contribution >= 4 is 17.0 Å². The molecule has 0 fully saturated rings. The number of aromatic carboxylic acids is 1. The molecule has 2 rings (SSSR count). The molecule has 0 amide bonds. The van der Waals surface area contributed by atoms with Crippen molar-refractivity contribution in [2.75, 3.05) is 0 Å². The van der Waals surface area contributed by atoms with Gasteiger partial charge in [0, 0.05) is 12.4 Å². The molecule has 0 aromatic carbocycles. The van der Waals surface area contributed by atoms with Gasteiger partial charge in [0.2, 0.25) is 0 Å². The molecule has 0 spiro atoms. The van der Waals surface area contributed by atoms with Gasteiger partial charge in [-0.15, -0.1) is 0 Å². The van der Waals surface area contributed by atoms with Gasteiger partial charge >= 0.3 is 5.97 Å². The topological polar surface area (TPSA) is 68.0 Å². The van der Waals surface area contributed by atoms with Gasteiger partial charge in [-0.2, -0.15) is 5.10 Å². The van der Waals surface area contributed by atoms with Gasteiger partial charge in [-0.05, 0) is 13.0 Å². The van der Waals surface area contributed by atoms with Crippen LogP contribution < -0.4 is 0 Å². The van der Waals surface area contributed by atoms with Crippen LogP contribution in [0.1, 0.15) is 16.1 Å². The number of aryl methyl sites for hydroxylation is 2. The predicted molar refractivity (Wildman–Crippen MR) is 50.2 cm³/mol. The molecule has 0 radical (unpaired) electrons. The van der Waals surface area contributed by atoms with Crippen molar-refractivity contribution in [1.82, 2.24) is 14.8 Å². The molecule has 2 heterocycles. The largest absolute Gasteiger partial charge is 0.478 e. The second-order valence-corrected chi connectivity index (χ2v) is 3.11. The van der Waals surface area contributed by atoms with Crippen molar-refractivity contribution in [1.29, 1.82) is 0 Å². The average Bonchev–Trinajstić information content (AvgIpc) is 2.46. The summed E-state index contributed by atoms with van der Waals surface area (Å²) in [5, 5.41) is 13.6. The number of rotatable bonds is 1. The first-order valence-electron chi connectivity index (χ1n) is 4.12. The van der Waals surface area contributed by atoms with Crippen LogP contribution in [0.4, 0.5) is 0 Å². The standard InChI is InChI=1S/C9H9N3O2/c1-5-7(9(13)14)3-6-4-10-12(2)8(6)11-5/h3-4H,1-2H3,(H,13,14). The van der Waals surface area contributed by atoms with Crippen LogP contribution in [-0.4, -0.2) is 25.8 Å². The van der Waals surface area contributed by atoms with E-state index in [1.807, 2.05) is 0 Å². The minimum absolute atomic E-state index is 0.227. The zero-order valence-corrected chi connectivity index (χ0v) is 7.85. The summed E-state index contributed by atoms with van der Waals surface area (Å²) in [5.74, 6) is -0.958. The Hall–Kier alpha value is -1.91. The third kappa shape index (κ3) is 1.14. The summed E-state index contributed by atoms with van der Waals surface area (Å²) in [7, 11) is 1.77. The smallest absolute Gasteiger partial charge is 0.337 e. The summed E-state index contributed by atoms with van der Waals surface area (Å²) in [6.07, 6.45) is 1.61. The van der Waals surface area contributed by atoms with E-state index >= 15 is 0 Å². The Morgan fingerprint density at radius 1 is 1.57 bits per heavy atom. The zero-order valence-electron chi connectivity index (χ0n) is 7.85. The Morgan fingerprint density at radius 3 is 2.93 bits per heavy atom. The number of aromatic nitrogens is 3. The van der Waals surface area contributed by atoms with Crippen LogP contribution in [0.5, 0.6) is 0 Å². The summed E-state index contributed by atoms with van der Waals surface area (Å²) in [4.78, 5) is 15.0. The van der Waals surface area contributed by atoms with E-state index < -0.39 is 5.97 Å². The van der Waals surface area contributed by atoms with E-state index in [0.29, 0.717) is 11.3 Å². The maximum Gasteiger partial charge on any atom is 0.337 e. The molecule has 14 heavy (non-hydrogen) atoms. The fourth-order valence-corrected chi connectivity index (χ4v) is 1.38. The highest BCUT2D eigenvalue weighted by Gasteiger charge is 2.11. The predicted octanol–water partition coefficient (Wildman–Crippen LogP) is 0.975. The molecule has 0 unspecified atom stereocenters. The van der Waals surface area contributed by atoms with Crippen LogP contribution in [0, 0.1) is 6.92 Å². The third-order valence-corrected chi connectivity index (χ3v) is 2.13. The second kappa shape index (κ2) is 2.80.